The largest absolute Gasteiger partial charge is 0.361 e. The molecule has 0 aliphatic carbocycles. The Balaban J connectivity index is 2.44. The summed E-state index contributed by atoms with van der Waals surface area (Å²) in [6, 6.07) is 3.28. The molecule has 0 atom stereocenters. The quantitative estimate of drug-likeness (QED) is 0.577. The number of rotatable bonds is 6. The van der Waals surface area contributed by atoms with Gasteiger partial charge in [-0.2, -0.15) is 5.26 Å². The van der Waals surface area contributed by atoms with Crippen LogP contribution in [-0.2, 0) is 17.9 Å². The summed E-state index contributed by atoms with van der Waals surface area (Å²) in [5, 5.41) is 8.69. The van der Waals surface area contributed by atoms with Gasteiger partial charge in [0.2, 0.25) is 0 Å². The molecule has 0 spiro atoms. The van der Waals surface area contributed by atoms with E-state index in [9.17, 15) is 0 Å². The number of nitriles is 1. The minimum atomic E-state index is -1.02. The lowest BCUT2D eigenvalue weighted by Crippen LogP contribution is -2.22. The number of imidazole rings is 1. The van der Waals surface area contributed by atoms with Crippen molar-refractivity contribution in [2.75, 3.05) is 6.61 Å². The van der Waals surface area contributed by atoms with E-state index >= 15 is 0 Å². The van der Waals surface area contributed by atoms with Crippen LogP contribution in [0.5, 0.6) is 0 Å². The fourth-order valence-corrected chi connectivity index (χ4v) is 2.22. The molecule has 1 heterocycles. The van der Waals surface area contributed by atoms with Crippen molar-refractivity contribution in [3.8, 4) is 6.07 Å². The molecule has 1 aromatic heterocycles. The van der Waals surface area contributed by atoms with Crippen LogP contribution < -0.4 is 0 Å². The van der Waals surface area contributed by atoms with Crippen LogP contribution in [0.25, 0.3) is 0 Å². The average molecular weight is 251 g/mol. The van der Waals surface area contributed by atoms with E-state index in [1.165, 1.54) is 0 Å². The Hall–Kier alpha value is -1.12. The molecule has 1 aromatic rings. The Morgan fingerprint density at radius 3 is 2.76 bits per heavy atom. The summed E-state index contributed by atoms with van der Waals surface area (Å²) in [5.41, 5.74) is 0.934. The van der Waals surface area contributed by atoms with Crippen LogP contribution in [-0.4, -0.2) is 24.2 Å². The second-order valence-corrected chi connectivity index (χ2v) is 11.1. The molecule has 0 aromatic carbocycles. The maximum absolute atomic E-state index is 8.69. The van der Waals surface area contributed by atoms with Crippen LogP contribution in [0, 0.1) is 18.3 Å². The van der Waals surface area contributed by atoms with Gasteiger partial charge in [0.25, 0.3) is 0 Å². The van der Waals surface area contributed by atoms with Crippen molar-refractivity contribution in [3.63, 3.8) is 0 Å². The predicted octanol–water partition coefficient (Wildman–Crippen LogP) is 2.57. The van der Waals surface area contributed by atoms with Crippen molar-refractivity contribution in [1.82, 2.24) is 9.55 Å². The lowest BCUT2D eigenvalue weighted by atomic mass is 10.4. The maximum atomic E-state index is 8.69. The number of ether oxygens (including phenoxy) is 1. The number of nitrogens with zero attached hydrogens (tertiary/aromatic N) is 3. The van der Waals surface area contributed by atoms with Crippen LogP contribution in [0.1, 0.15) is 11.5 Å². The third-order valence-corrected chi connectivity index (χ3v) is 4.15. The highest BCUT2D eigenvalue weighted by atomic mass is 28.3. The van der Waals surface area contributed by atoms with Crippen LogP contribution >= 0.6 is 0 Å². The van der Waals surface area contributed by atoms with Gasteiger partial charge in [-0.05, 0) is 13.0 Å². The Labute approximate surface area is 104 Å². The highest BCUT2D eigenvalue weighted by Gasteiger charge is 2.12. The Bertz CT molecular complexity index is 401. The summed E-state index contributed by atoms with van der Waals surface area (Å²) in [4.78, 5) is 4.30. The molecule has 0 radical (unpaired) electrons. The normalized spacial score (nSPS) is 11.5. The summed E-state index contributed by atoms with van der Waals surface area (Å²) in [6.45, 7) is 10.2. The predicted molar refractivity (Wildman–Crippen MR) is 70.4 cm³/mol. The van der Waals surface area contributed by atoms with Crippen LogP contribution in [0.2, 0.25) is 25.7 Å². The Morgan fingerprint density at radius 1 is 1.47 bits per heavy atom. The maximum Gasteiger partial charge on any atom is 0.125 e. The van der Waals surface area contributed by atoms with E-state index in [-0.39, 0.29) is 0 Å². The van der Waals surface area contributed by atoms with Gasteiger partial charge in [0.05, 0.1) is 18.2 Å². The number of aromatic nitrogens is 2. The molecule has 0 unspecified atom stereocenters. The van der Waals surface area contributed by atoms with Crippen molar-refractivity contribution < 1.29 is 4.74 Å². The first kappa shape index (κ1) is 13.9. The molecular formula is C12H21N3OSi. The summed E-state index contributed by atoms with van der Waals surface area (Å²) in [6.07, 6.45) is 2.27. The SMILES string of the molecule is Cc1cn(COCC[Si](C)(C)C)c(CC#N)n1. The van der Waals surface area contributed by atoms with Crippen LogP contribution in [0.4, 0.5) is 0 Å². The zero-order valence-corrected chi connectivity index (χ0v) is 12.2. The molecule has 17 heavy (non-hydrogen) atoms. The lowest BCUT2D eigenvalue weighted by Gasteiger charge is -2.15. The number of aryl methyl sites for hydroxylation is 1. The minimum absolute atomic E-state index is 0.339. The molecule has 0 fully saturated rings. The first-order chi connectivity index (χ1) is 7.92. The fraction of sp³-hybridized carbons (Fsp3) is 0.667. The second kappa shape index (κ2) is 5.99. The van der Waals surface area contributed by atoms with Gasteiger partial charge in [-0.3, -0.25) is 0 Å². The Kier molecular flexibility index (Phi) is 4.91. The topological polar surface area (TPSA) is 50.8 Å². The van der Waals surface area contributed by atoms with E-state index in [0.29, 0.717) is 13.2 Å². The highest BCUT2D eigenvalue weighted by Crippen LogP contribution is 2.09. The van der Waals surface area contributed by atoms with Gasteiger partial charge in [0.15, 0.2) is 0 Å². The van der Waals surface area contributed by atoms with E-state index in [1.54, 1.807) is 0 Å². The summed E-state index contributed by atoms with van der Waals surface area (Å²) >= 11 is 0. The molecule has 1 rings (SSSR count). The van der Waals surface area contributed by atoms with Gasteiger partial charge in [0.1, 0.15) is 12.6 Å². The summed E-state index contributed by atoms with van der Waals surface area (Å²) < 4.78 is 7.56. The third-order valence-electron chi connectivity index (χ3n) is 2.44. The molecule has 94 valence electrons. The smallest absolute Gasteiger partial charge is 0.125 e. The van der Waals surface area contributed by atoms with Crippen molar-refractivity contribution in [1.29, 1.82) is 5.26 Å². The number of hydrogen-bond acceptors (Lipinski definition) is 3. The van der Waals surface area contributed by atoms with Gasteiger partial charge in [0, 0.05) is 20.9 Å². The van der Waals surface area contributed by atoms with Crippen LogP contribution in [0.3, 0.4) is 0 Å². The van der Waals surface area contributed by atoms with Crippen molar-refractivity contribution in [2.24, 2.45) is 0 Å². The van der Waals surface area contributed by atoms with E-state index in [1.807, 2.05) is 17.7 Å². The summed E-state index contributed by atoms with van der Waals surface area (Å²) in [5.74, 6) is 0.790. The molecule has 0 saturated carbocycles. The molecule has 4 nitrogen and oxygen atoms in total. The molecule has 5 heteroatoms. The van der Waals surface area contributed by atoms with E-state index in [4.69, 9.17) is 10.00 Å². The highest BCUT2D eigenvalue weighted by molar-refractivity contribution is 6.76. The molecule has 0 saturated heterocycles. The van der Waals surface area contributed by atoms with Gasteiger partial charge in [-0.25, -0.2) is 4.98 Å². The Morgan fingerprint density at radius 2 is 2.18 bits per heavy atom. The van der Waals surface area contributed by atoms with E-state index in [0.717, 1.165) is 24.2 Å². The van der Waals surface area contributed by atoms with Gasteiger partial charge in [-0.1, -0.05) is 19.6 Å². The molecule has 0 N–H and O–H groups in total. The van der Waals surface area contributed by atoms with Gasteiger partial charge < -0.3 is 9.30 Å². The molecule has 0 amide bonds. The van der Waals surface area contributed by atoms with E-state index < -0.39 is 8.07 Å². The molecular weight excluding hydrogens is 230 g/mol. The van der Waals surface area contributed by atoms with E-state index in [2.05, 4.69) is 30.7 Å². The second-order valence-electron chi connectivity index (χ2n) is 5.45. The standard InChI is InChI=1S/C12H21N3OSi/c1-11-9-15(12(14-11)5-6-13)10-16-7-8-17(2,3)4/h9H,5,7-8,10H2,1-4H3. The average Bonchev–Trinajstić information content (AvgIpc) is 2.53. The van der Waals surface area contributed by atoms with Crippen molar-refractivity contribution in [2.45, 2.75) is 45.8 Å². The van der Waals surface area contributed by atoms with Crippen molar-refractivity contribution >= 4 is 8.07 Å². The fourth-order valence-electron chi connectivity index (χ4n) is 1.46. The van der Waals surface area contributed by atoms with Gasteiger partial charge in [-0.15, -0.1) is 0 Å². The monoisotopic (exact) mass is 251 g/mol. The number of hydrogen-bond donors (Lipinski definition) is 0. The molecule has 0 aliphatic rings. The lowest BCUT2D eigenvalue weighted by molar-refractivity contribution is 0.0854. The zero-order valence-electron chi connectivity index (χ0n) is 11.2. The first-order valence-corrected chi connectivity index (χ1v) is 9.60. The molecule has 0 aliphatic heterocycles. The first-order valence-electron chi connectivity index (χ1n) is 5.90. The van der Waals surface area contributed by atoms with Gasteiger partial charge >= 0.3 is 0 Å². The third kappa shape index (κ3) is 5.15. The molecule has 0 bridgehead atoms. The van der Waals surface area contributed by atoms with Crippen molar-refractivity contribution in [3.05, 3.63) is 17.7 Å². The van der Waals surface area contributed by atoms with Crippen LogP contribution in [0.15, 0.2) is 6.20 Å². The zero-order chi connectivity index (χ0) is 12.9. The summed E-state index contributed by atoms with van der Waals surface area (Å²) in [7, 11) is -1.02. The minimum Gasteiger partial charge on any atom is -0.361 e.